The second kappa shape index (κ2) is 8.00. The van der Waals surface area contributed by atoms with Crippen molar-refractivity contribution in [3.8, 4) is 0 Å². The quantitative estimate of drug-likeness (QED) is 0.604. The molecule has 2 amide bonds. The van der Waals surface area contributed by atoms with Gasteiger partial charge in [0.2, 0.25) is 5.91 Å². The summed E-state index contributed by atoms with van der Waals surface area (Å²) in [5, 5.41) is 3.85. The Morgan fingerprint density at radius 2 is 1.97 bits per heavy atom. The van der Waals surface area contributed by atoms with Gasteiger partial charge in [0.25, 0.3) is 5.91 Å². The fraction of sp³-hybridized carbons (Fsp3) is 0.440. The summed E-state index contributed by atoms with van der Waals surface area (Å²) < 4.78 is 7.45. The molecule has 1 saturated carbocycles. The van der Waals surface area contributed by atoms with E-state index in [0.717, 1.165) is 36.8 Å². The summed E-state index contributed by atoms with van der Waals surface area (Å²) in [4.78, 5) is 29.1. The number of furan rings is 1. The van der Waals surface area contributed by atoms with Gasteiger partial charge in [0.1, 0.15) is 11.2 Å². The largest absolute Gasteiger partial charge is 0.463 e. The number of amides is 2. The van der Waals surface area contributed by atoms with Crippen LogP contribution in [0.4, 0.5) is 0 Å². The van der Waals surface area contributed by atoms with E-state index in [1.807, 2.05) is 41.8 Å². The van der Waals surface area contributed by atoms with Crippen molar-refractivity contribution >= 4 is 34.5 Å². The lowest BCUT2D eigenvalue weighted by Gasteiger charge is -2.45. The lowest BCUT2D eigenvalue weighted by atomic mass is 9.86. The standard InChI is InChI=1S/C25H28ClN3O3/c1-16-7-9-18(10-8-16)27-24(31)25(2)15-28-20-11-12-32-22(20)13-21(28)23(30)29(25)14-17-5-3-4-6-19(17)26/h3-6,11-13,16,18H,7-10,14-15H2,1-2H3,(H,27,31)/t16?,18?,25-/m0/s1. The molecule has 1 fully saturated rings. The molecule has 0 radical (unpaired) electrons. The first-order valence-corrected chi connectivity index (χ1v) is 11.7. The molecule has 2 aromatic heterocycles. The van der Waals surface area contributed by atoms with Crippen molar-refractivity contribution in [3.63, 3.8) is 0 Å². The van der Waals surface area contributed by atoms with Crippen molar-refractivity contribution in [1.29, 1.82) is 0 Å². The van der Waals surface area contributed by atoms with Gasteiger partial charge >= 0.3 is 0 Å². The predicted octanol–water partition coefficient (Wildman–Crippen LogP) is 5.00. The van der Waals surface area contributed by atoms with Crippen molar-refractivity contribution in [1.82, 2.24) is 14.8 Å². The van der Waals surface area contributed by atoms with E-state index in [4.69, 9.17) is 16.0 Å². The number of fused-ring (bicyclic) bond motifs is 3. The number of hydrogen-bond donors (Lipinski definition) is 1. The summed E-state index contributed by atoms with van der Waals surface area (Å²) in [5.41, 5.74) is 1.77. The monoisotopic (exact) mass is 453 g/mol. The van der Waals surface area contributed by atoms with Crippen LogP contribution >= 0.6 is 11.6 Å². The lowest BCUT2D eigenvalue weighted by Crippen LogP contribution is -2.64. The first-order valence-electron chi connectivity index (χ1n) is 11.3. The number of aromatic nitrogens is 1. The van der Waals surface area contributed by atoms with E-state index in [1.54, 1.807) is 17.2 Å². The molecule has 6 nitrogen and oxygen atoms in total. The first-order chi connectivity index (χ1) is 15.4. The summed E-state index contributed by atoms with van der Waals surface area (Å²) in [6, 6.07) is 11.2. The van der Waals surface area contributed by atoms with Crippen LogP contribution in [0.2, 0.25) is 5.02 Å². The molecule has 1 aliphatic carbocycles. The van der Waals surface area contributed by atoms with Gasteiger partial charge in [-0.3, -0.25) is 9.59 Å². The van der Waals surface area contributed by atoms with Gasteiger partial charge in [0, 0.05) is 29.7 Å². The van der Waals surface area contributed by atoms with Crippen molar-refractivity contribution in [2.24, 2.45) is 5.92 Å². The van der Waals surface area contributed by atoms with Crippen LogP contribution in [0.15, 0.2) is 47.1 Å². The van der Waals surface area contributed by atoms with Crippen LogP contribution in [0, 0.1) is 5.92 Å². The molecule has 32 heavy (non-hydrogen) atoms. The number of carbonyl (C=O) groups excluding carboxylic acids is 2. The third-order valence-corrected chi connectivity index (χ3v) is 7.54. The Morgan fingerprint density at radius 1 is 1.22 bits per heavy atom. The molecule has 0 bridgehead atoms. The number of nitrogens with zero attached hydrogens (tertiary/aromatic N) is 2. The van der Waals surface area contributed by atoms with Crippen molar-refractivity contribution in [2.45, 2.75) is 64.2 Å². The minimum atomic E-state index is -1.06. The van der Waals surface area contributed by atoms with Gasteiger partial charge in [-0.2, -0.15) is 0 Å². The number of nitrogens with one attached hydrogen (secondary N) is 1. The van der Waals surface area contributed by atoms with Gasteiger partial charge in [-0.1, -0.05) is 36.7 Å². The summed E-state index contributed by atoms with van der Waals surface area (Å²) in [7, 11) is 0. The topological polar surface area (TPSA) is 67.5 Å². The third kappa shape index (κ3) is 3.51. The van der Waals surface area contributed by atoms with E-state index in [9.17, 15) is 9.59 Å². The van der Waals surface area contributed by atoms with E-state index in [1.165, 1.54) is 0 Å². The van der Waals surface area contributed by atoms with Gasteiger partial charge in [0.05, 0.1) is 18.3 Å². The Hall–Kier alpha value is -2.73. The van der Waals surface area contributed by atoms with Crippen LogP contribution in [-0.2, 0) is 17.9 Å². The van der Waals surface area contributed by atoms with Gasteiger partial charge in [0.15, 0.2) is 5.58 Å². The van der Waals surface area contributed by atoms with Crippen LogP contribution < -0.4 is 5.32 Å². The first kappa shape index (κ1) is 21.1. The number of hydrogen-bond acceptors (Lipinski definition) is 3. The molecule has 0 saturated heterocycles. The molecule has 1 aliphatic heterocycles. The van der Waals surface area contributed by atoms with E-state index in [-0.39, 0.29) is 24.4 Å². The van der Waals surface area contributed by atoms with Crippen LogP contribution in [-0.4, -0.2) is 32.9 Å². The molecule has 168 valence electrons. The Bertz CT molecular complexity index is 1170. The maximum atomic E-state index is 13.7. The van der Waals surface area contributed by atoms with Gasteiger partial charge in [-0.15, -0.1) is 0 Å². The maximum Gasteiger partial charge on any atom is 0.271 e. The zero-order valence-corrected chi connectivity index (χ0v) is 19.2. The smallest absolute Gasteiger partial charge is 0.271 e. The molecule has 0 unspecified atom stereocenters. The fourth-order valence-electron chi connectivity index (χ4n) is 5.06. The molecular weight excluding hydrogens is 426 g/mol. The summed E-state index contributed by atoms with van der Waals surface area (Å²) in [6.45, 7) is 4.73. The Kier molecular flexibility index (Phi) is 5.28. The molecule has 5 rings (SSSR count). The lowest BCUT2D eigenvalue weighted by molar-refractivity contribution is -0.134. The highest BCUT2D eigenvalue weighted by Gasteiger charge is 2.48. The van der Waals surface area contributed by atoms with Crippen molar-refractivity contribution in [3.05, 3.63) is 58.9 Å². The van der Waals surface area contributed by atoms with E-state index in [0.29, 0.717) is 28.8 Å². The van der Waals surface area contributed by atoms with E-state index < -0.39 is 5.54 Å². The van der Waals surface area contributed by atoms with Gasteiger partial charge < -0.3 is 19.2 Å². The number of rotatable bonds is 4. The SMILES string of the molecule is CC1CCC(NC(=O)[C@]2(C)Cn3c(cc4occc43)C(=O)N2Cc2ccccc2Cl)CC1. The van der Waals surface area contributed by atoms with E-state index >= 15 is 0 Å². The highest BCUT2D eigenvalue weighted by atomic mass is 35.5. The second-order valence-electron chi connectivity index (χ2n) is 9.47. The highest BCUT2D eigenvalue weighted by molar-refractivity contribution is 6.31. The zero-order valence-electron chi connectivity index (χ0n) is 18.4. The highest BCUT2D eigenvalue weighted by Crippen LogP contribution is 2.35. The molecule has 1 atom stereocenters. The fourth-order valence-corrected chi connectivity index (χ4v) is 5.26. The number of benzene rings is 1. The Labute approximate surface area is 192 Å². The van der Waals surface area contributed by atoms with Crippen LogP contribution in [0.3, 0.4) is 0 Å². The molecule has 0 spiro atoms. The minimum Gasteiger partial charge on any atom is -0.463 e. The average molecular weight is 454 g/mol. The molecule has 3 aromatic rings. The van der Waals surface area contributed by atoms with Crippen LogP contribution in [0.5, 0.6) is 0 Å². The molecule has 3 heterocycles. The van der Waals surface area contributed by atoms with Crippen molar-refractivity contribution in [2.75, 3.05) is 0 Å². The minimum absolute atomic E-state index is 0.117. The number of halogens is 1. The molecule has 2 aliphatic rings. The zero-order chi connectivity index (χ0) is 22.5. The average Bonchev–Trinajstić information content (AvgIpc) is 3.36. The van der Waals surface area contributed by atoms with Crippen molar-refractivity contribution < 1.29 is 14.0 Å². The van der Waals surface area contributed by atoms with E-state index in [2.05, 4.69) is 12.2 Å². The summed E-state index contributed by atoms with van der Waals surface area (Å²) in [5.74, 6) is 0.384. The summed E-state index contributed by atoms with van der Waals surface area (Å²) >= 11 is 6.42. The molecule has 1 N–H and O–H groups in total. The predicted molar refractivity (Wildman–Crippen MR) is 123 cm³/mol. The molecule has 7 heteroatoms. The van der Waals surface area contributed by atoms with Crippen LogP contribution in [0.25, 0.3) is 11.1 Å². The number of carbonyl (C=O) groups is 2. The maximum absolute atomic E-state index is 13.7. The third-order valence-electron chi connectivity index (χ3n) is 7.18. The molecule has 1 aromatic carbocycles. The normalized spacial score (nSPS) is 25.7. The Morgan fingerprint density at radius 3 is 2.72 bits per heavy atom. The molecular formula is C25H28ClN3O3. The summed E-state index contributed by atoms with van der Waals surface area (Å²) in [6.07, 6.45) is 5.78. The van der Waals surface area contributed by atoms with Gasteiger partial charge in [-0.25, -0.2) is 0 Å². The Balaban J connectivity index is 1.52. The van der Waals surface area contributed by atoms with Gasteiger partial charge in [-0.05, 0) is 50.2 Å². The van der Waals surface area contributed by atoms with Crippen LogP contribution in [0.1, 0.15) is 55.6 Å². The second-order valence-corrected chi connectivity index (χ2v) is 9.88.